The highest BCUT2D eigenvalue weighted by molar-refractivity contribution is 7.98. The quantitative estimate of drug-likeness (QED) is 0.445. The molecular formula is C21H28N4S. The number of benzene rings is 2. The average Bonchev–Trinajstić information content (AvgIpc) is 3.02. The molecule has 0 unspecified atom stereocenters. The van der Waals surface area contributed by atoms with E-state index in [1.807, 2.05) is 0 Å². The van der Waals surface area contributed by atoms with Crippen LogP contribution in [0.15, 0.2) is 47.6 Å². The Morgan fingerprint density at radius 1 is 1.08 bits per heavy atom. The summed E-state index contributed by atoms with van der Waals surface area (Å²) < 4.78 is 2.28. The molecule has 0 amide bonds. The first kappa shape index (κ1) is 18.9. The van der Waals surface area contributed by atoms with Gasteiger partial charge in [0, 0.05) is 19.5 Å². The molecule has 0 aliphatic carbocycles. The van der Waals surface area contributed by atoms with Gasteiger partial charge in [-0.2, -0.15) is 0 Å². The third-order valence-corrected chi connectivity index (χ3v) is 5.14. The monoisotopic (exact) mass is 368 g/mol. The van der Waals surface area contributed by atoms with Crippen molar-refractivity contribution in [2.45, 2.75) is 44.9 Å². The lowest BCUT2D eigenvalue weighted by molar-refractivity contribution is 0.476. The molecule has 0 radical (unpaired) electrons. The molecule has 3 aromatic rings. The molecular weight excluding hydrogens is 340 g/mol. The van der Waals surface area contributed by atoms with Crippen molar-refractivity contribution < 1.29 is 0 Å². The molecule has 0 bridgehead atoms. The van der Waals surface area contributed by atoms with Crippen molar-refractivity contribution in [3.05, 3.63) is 53.9 Å². The van der Waals surface area contributed by atoms with E-state index < -0.39 is 0 Å². The van der Waals surface area contributed by atoms with E-state index in [1.54, 1.807) is 11.8 Å². The highest BCUT2D eigenvalue weighted by Crippen LogP contribution is 2.19. The lowest BCUT2D eigenvalue weighted by atomic mass is 10.0. The van der Waals surface area contributed by atoms with E-state index in [0.717, 1.165) is 43.5 Å². The summed E-state index contributed by atoms with van der Waals surface area (Å²) in [5.41, 5.74) is 1.36. The number of fused-ring (bicyclic) bond motifs is 1. The van der Waals surface area contributed by atoms with Gasteiger partial charge >= 0.3 is 0 Å². The van der Waals surface area contributed by atoms with Crippen LogP contribution in [-0.2, 0) is 19.5 Å². The van der Waals surface area contributed by atoms with Crippen molar-refractivity contribution in [2.75, 3.05) is 12.8 Å². The van der Waals surface area contributed by atoms with E-state index in [4.69, 9.17) is 0 Å². The van der Waals surface area contributed by atoms with Gasteiger partial charge in [0.25, 0.3) is 0 Å². The number of aryl methyl sites for hydroxylation is 1. The Kier molecular flexibility index (Phi) is 6.69. The summed E-state index contributed by atoms with van der Waals surface area (Å²) in [6.07, 6.45) is 4.09. The van der Waals surface area contributed by atoms with Gasteiger partial charge < -0.3 is 9.88 Å². The highest BCUT2D eigenvalue weighted by Gasteiger charge is 2.12. The first-order valence-electron chi connectivity index (χ1n) is 9.32. The molecule has 138 valence electrons. The van der Waals surface area contributed by atoms with Crippen LogP contribution in [0.25, 0.3) is 10.8 Å². The van der Waals surface area contributed by atoms with E-state index in [-0.39, 0.29) is 0 Å². The zero-order valence-electron chi connectivity index (χ0n) is 15.9. The first-order valence-corrected chi connectivity index (χ1v) is 10.5. The number of aromatic nitrogens is 3. The second-order valence-electron chi connectivity index (χ2n) is 7.03. The molecule has 4 nitrogen and oxygen atoms in total. The predicted octanol–water partition coefficient (Wildman–Crippen LogP) is 4.53. The Bertz CT molecular complexity index is 836. The van der Waals surface area contributed by atoms with Crippen molar-refractivity contribution in [1.29, 1.82) is 0 Å². The molecule has 0 spiro atoms. The third-order valence-electron chi connectivity index (χ3n) is 4.47. The Labute approximate surface area is 160 Å². The van der Waals surface area contributed by atoms with Crippen LogP contribution in [0, 0.1) is 5.92 Å². The van der Waals surface area contributed by atoms with Crippen LogP contribution in [0.2, 0.25) is 0 Å². The summed E-state index contributed by atoms with van der Waals surface area (Å²) in [6.45, 7) is 7.34. The van der Waals surface area contributed by atoms with Gasteiger partial charge in [0.15, 0.2) is 5.16 Å². The van der Waals surface area contributed by atoms with Crippen molar-refractivity contribution >= 4 is 22.5 Å². The number of hydrogen-bond acceptors (Lipinski definition) is 4. The number of rotatable bonds is 9. The van der Waals surface area contributed by atoms with Crippen LogP contribution in [0.3, 0.4) is 0 Å². The smallest absolute Gasteiger partial charge is 0.190 e. The van der Waals surface area contributed by atoms with Crippen LogP contribution in [0.4, 0.5) is 0 Å². The lowest BCUT2D eigenvalue weighted by Crippen LogP contribution is -2.17. The van der Waals surface area contributed by atoms with E-state index in [0.29, 0.717) is 5.92 Å². The van der Waals surface area contributed by atoms with Gasteiger partial charge in [-0.25, -0.2) is 0 Å². The Morgan fingerprint density at radius 3 is 2.69 bits per heavy atom. The first-order chi connectivity index (χ1) is 12.7. The van der Waals surface area contributed by atoms with E-state index in [2.05, 4.69) is 82.6 Å². The Balaban J connectivity index is 1.52. The van der Waals surface area contributed by atoms with Crippen molar-refractivity contribution in [3.8, 4) is 0 Å². The molecule has 0 saturated carbocycles. The van der Waals surface area contributed by atoms with Gasteiger partial charge in [0.2, 0.25) is 0 Å². The maximum Gasteiger partial charge on any atom is 0.190 e. The van der Waals surface area contributed by atoms with Gasteiger partial charge in [0.05, 0.1) is 0 Å². The molecule has 0 fully saturated rings. The minimum atomic E-state index is 0.597. The summed E-state index contributed by atoms with van der Waals surface area (Å²) >= 11 is 1.67. The number of nitrogens with zero attached hydrogens (tertiary/aromatic N) is 3. The second-order valence-corrected chi connectivity index (χ2v) is 7.80. The highest BCUT2D eigenvalue weighted by atomic mass is 32.2. The summed E-state index contributed by atoms with van der Waals surface area (Å²) in [5.74, 6) is 1.70. The summed E-state index contributed by atoms with van der Waals surface area (Å²) in [6, 6.07) is 15.1. The summed E-state index contributed by atoms with van der Waals surface area (Å²) in [7, 11) is 0. The molecule has 1 N–H and O–H groups in total. The van der Waals surface area contributed by atoms with Gasteiger partial charge in [-0.15, -0.1) is 10.2 Å². The van der Waals surface area contributed by atoms with E-state index >= 15 is 0 Å². The number of thioether (sulfide) groups is 1. The topological polar surface area (TPSA) is 42.7 Å². The zero-order valence-corrected chi connectivity index (χ0v) is 16.7. The predicted molar refractivity (Wildman–Crippen MR) is 111 cm³/mol. The van der Waals surface area contributed by atoms with Crippen LogP contribution < -0.4 is 5.32 Å². The van der Waals surface area contributed by atoms with Crippen LogP contribution >= 0.6 is 11.8 Å². The summed E-state index contributed by atoms with van der Waals surface area (Å²) in [5, 5.41) is 16.0. The van der Waals surface area contributed by atoms with Gasteiger partial charge in [-0.05, 0) is 41.5 Å². The molecule has 3 rings (SSSR count). The van der Waals surface area contributed by atoms with Gasteiger partial charge in [-0.3, -0.25) is 0 Å². The van der Waals surface area contributed by atoms with Crippen molar-refractivity contribution in [1.82, 2.24) is 20.1 Å². The zero-order chi connectivity index (χ0) is 18.4. The maximum atomic E-state index is 4.40. The Hall–Kier alpha value is -1.85. The molecule has 1 heterocycles. The van der Waals surface area contributed by atoms with Gasteiger partial charge in [-0.1, -0.05) is 68.1 Å². The largest absolute Gasteiger partial charge is 0.313 e. The molecule has 0 aliphatic rings. The van der Waals surface area contributed by atoms with Crippen molar-refractivity contribution in [3.63, 3.8) is 0 Å². The lowest BCUT2D eigenvalue weighted by Gasteiger charge is -2.12. The molecule has 26 heavy (non-hydrogen) atoms. The standard InChI is InChI=1S/C21H28N4S/c1-16(2)15-25-20(23-24-21(25)26-3)12-7-13-22-14-18-10-6-9-17-8-4-5-11-19(17)18/h4-6,8-11,16,22H,7,12-15H2,1-3H3. The third kappa shape index (κ3) is 4.65. The minimum Gasteiger partial charge on any atom is -0.313 e. The SMILES string of the molecule is CSc1nnc(CCCNCc2cccc3ccccc23)n1CC(C)C. The second kappa shape index (κ2) is 9.19. The number of nitrogens with one attached hydrogen (secondary N) is 1. The molecule has 2 aromatic carbocycles. The van der Waals surface area contributed by atoms with Crippen LogP contribution in [0.5, 0.6) is 0 Å². The fraction of sp³-hybridized carbons (Fsp3) is 0.429. The maximum absolute atomic E-state index is 4.40. The molecule has 0 aliphatic heterocycles. The number of hydrogen-bond donors (Lipinski definition) is 1. The molecule has 0 saturated heterocycles. The Morgan fingerprint density at radius 2 is 1.88 bits per heavy atom. The van der Waals surface area contributed by atoms with Crippen molar-refractivity contribution in [2.24, 2.45) is 5.92 Å². The van der Waals surface area contributed by atoms with Crippen LogP contribution in [-0.4, -0.2) is 27.6 Å². The average molecular weight is 369 g/mol. The fourth-order valence-corrected chi connectivity index (χ4v) is 3.77. The normalized spacial score (nSPS) is 11.5. The molecule has 1 aromatic heterocycles. The molecule has 0 atom stereocenters. The summed E-state index contributed by atoms with van der Waals surface area (Å²) in [4.78, 5) is 0. The van der Waals surface area contributed by atoms with E-state index in [1.165, 1.54) is 16.3 Å². The van der Waals surface area contributed by atoms with Crippen LogP contribution in [0.1, 0.15) is 31.7 Å². The van der Waals surface area contributed by atoms with Gasteiger partial charge in [0.1, 0.15) is 5.82 Å². The van der Waals surface area contributed by atoms with E-state index in [9.17, 15) is 0 Å². The minimum absolute atomic E-state index is 0.597. The molecule has 5 heteroatoms. The fourth-order valence-electron chi connectivity index (χ4n) is 3.24.